The SMILES string of the molecule is Cc1c[nH]c2c3nc4ccccc4c3cc3c(=O)n([Si](C)(C)C(C)(C)C)c(=O)c1c32. The monoisotopic (exact) mass is 415 g/mol. The number of nitrogens with one attached hydrogen (secondary N) is 1. The van der Waals surface area contributed by atoms with E-state index in [-0.39, 0.29) is 16.2 Å². The van der Waals surface area contributed by atoms with Gasteiger partial charge in [-0.1, -0.05) is 52.1 Å². The molecule has 0 aliphatic carbocycles. The lowest BCUT2D eigenvalue weighted by Gasteiger charge is -2.37. The first-order valence-corrected chi connectivity index (χ1v) is 13.2. The third kappa shape index (κ3) is 2.25. The summed E-state index contributed by atoms with van der Waals surface area (Å²) in [5.41, 5.74) is 2.94. The number of aryl methyl sites for hydroxylation is 1. The predicted molar refractivity (Wildman–Crippen MR) is 128 cm³/mol. The van der Waals surface area contributed by atoms with Gasteiger partial charge in [-0.25, -0.2) is 4.98 Å². The van der Waals surface area contributed by atoms with E-state index in [1.807, 2.05) is 43.5 Å². The van der Waals surface area contributed by atoms with Gasteiger partial charge in [-0.3, -0.25) is 9.59 Å². The Kier molecular flexibility index (Phi) is 3.67. The number of nitrogens with zero attached hydrogens (tertiary/aromatic N) is 2. The van der Waals surface area contributed by atoms with Crippen LogP contribution in [0.15, 0.2) is 46.1 Å². The van der Waals surface area contributed by atoms with E-state index in [1.54, 1.807) is 4.23 Å². The summed E-state index contributed by atoms with van der Waals surface area (Å²) in [5, 5.41) is 3.73. The molecule has 2 aromatic carbocycles. The van der Waals surface area contributed by atoms with Crippen molar-refractivity contribution in [1.29, 1.82) is 0 Å². The molecule has 1 N–H and O–H groups in total. The molecule has 3 heterocycles. The standard InChI is InChI=1S/C24H25N3O2Si/c1-13-12-25-21-19-16(11-15-14-9-7-8-10-17(14)26-20(15)21)22(28)27(23(29)18(13)19)30(5,6)24(2,3)4/h7-12,25H,1-6H3. The second kappa shape index (κ2) is 5.79. The maximum absolute atomic E-state index is 13.8. The van der Waals surface area contributed by atoms with Gasteiger partial charge in [0.05, 0.1) is 27.3 Å². The van der Waals surface area contributed by atoms with Crippen LogP contribution in [0.2, 0.25) is 18.1 Å². The predicted octanol–water partition coefficient (Wildman–Crippen LogP) is 5.14. The van der Waals surface area contributed by atoms with E-state index in [0.29, 0.717) is 16.2 Å². The number of hydrogen-bond acceptors (Lipinski definition) is 3. The highest BCUT2D eigenvalue weighted by molar-refractivity contribution is 6.78. The molecule has 3 aromatic heterocycles. The van der Waals surface area contributed by atoms with Crippen molar-refractivity contribution in [2.75, 3.05) is 0 Å². The Labute approximate surface area is 174 Å². The molecule has 0 bridgehead atoms. The average Bonchev–Trinajstić information content (AvgIpc) is 3.04. The van der Waals surface area contributed by atoms with Gasteiger partial charge < -0.3 is 9.22 Å². The third-order valence-electron chi connectivity index (χ3n) is 7.05. The van der Waals surface area contributed by atoms with Gasteiger partial charge in [0, 0.05) is 22.4 Å². The Morgan fingerprint density at radius 1 is 0.967 bits per heavy atom. The first kappa shape index (κ1) is 19.0. The normalized spacial score (nSPS) is 13.3. The summed E-state index contributed by atoms with van der Waals surface area (Å²) in [6.07, 6.45) is 1.86. The van der Waals surface area contributed by atoms with Crippen LogP contribution in [-0.4, -0.2) is 22.4 Å². The molecule has 0 aliphatic heterocycles. The molecular weight excluding hydrogens is 390 g/mol. The van der Waals surface area contributed by atoms with E-state index in [4.69, 9.17) is 4.98 Å². The van der Waals surface area contributed by atoms with Gasteiger partial charge in [-0.05, 0) is 29.7 Å². The Bertz CT molecular complexity index is 1600. The minimum atomic E-state index is -2.43. The minimum Gasteiger partial charge on any atom is -0.359 e. The van der Waals surface area contributed by atoms with Crippen LogP contribution in [0.4, 0.5) is 0 Å². The molecular formula is C24H25N3O2Si. The van der Waals surface area contributed by atoms with Crippen LogP contribution in [0, 0.1) is 6.92 Å². The fourth-order valence-corrected chi connectivity index (χ4v) is 6.29. The number of hydrogen-bond donors (Lipinski definition) is 1. The highest BCUT2D eigenvalue weighted by Crippen LogP contribution is 2.38. The number of aromatic nitrogens is 3. The molecule has 0 aliphatic rings. The smallest absolute Gasteiger partial charge is 0.253 e. The van der Waals surface area contributed by atoms with Crippen LogP contribution >= 0.6 is 0 Å². The second-order valence-corrected chi connectivity index (χ2v) is 14.9. The number of benzene rings is 2. The van der Waals surface area contributed by atoms with Crippen LogP contribution in [-0.2, 0) is 0 Å². The highest BCUT2D eigenvalue weighted by atomic mass is 28.3. The number of aromatic amines is 1. The fraction of sp³-hybridized carbons (Fsp3) is 0.292. The fourth-order valence-electron chi connectivity index (χ4n) is 4.38. The van der Waals surface area contributed by atoms with Crippen LogP contribution in [0.25, 0.3) is 43.5 Å². The van der Waals surface area contributed by atoms with Crippen LogP contribution < -0.4 is 11.1 Å². The van der Waals surface area contributed by atoms with Crippen molar-refractivity contribution in [3.8, 4) is 0 Å². The first-order chi connectivity index (χ1) is 14.0. The van der Waals surface area contributed by atoms with E-state index in [9.17, 15) is 9.59 Å². The molecule has 0 atom stereocenters. The van der Waals surface area contributed by atoms with E-state index < -0.39 is 8.24 Å². The molecule has 5 aromatic rings. The number of H-pyrrole nitrogens is 1. The summed E-state index contributed by atoms with van der Waals surface area (Å²) in [6.45, 7) is 12.5. The molecule has 152 valence electrons. The van der Waals surface area contributed by atoms with Gasteiger partial charge >= 0.3 is 0 Å². The summed E-state index contributed by atoms with van der Waals surface area (Å²) >= 11 is 0. The molecule has 5 nitrogen and oxygen atoms in total. The van der Waals surface area contributed by atoms with Gasteiger partial charge in [0.2, 0.25) is 0 Å². The van der Waals surface area contributed by atoms with E-state index in [1.165, 1.54) is 0 Å². The maximum atomic E-state index is 13.8. The molecule has 0 fully saturated rings. The highest BCUT2D eigenvalue weighted by Gasteiger charge is 2.40. The Morgan fingerprint density at radius 3 is 2.37 bits per heavy atom. The molecule has 5 rings (SSSR count). The summed E-state index contributed by atoms with van der Waals surface area (Å²) in [6, 6.07) is 9.89. The van der Waals surface area contributed by atoms with Crippen LogP contribution in [0.5, 0.6) is 0 Å². The lowest BCUT2D eigenvalue weighted by Crippen LogP contribution is -2.56. The summed E-state index contributed by atoms with van der Waals surface area (Å²) < 4.78 is 1.60. The van der Waals surface area contributed by atoms with Crippen molar-refractivity contribution < 1.29 is 0 Å². The number of rotatable bonds is 1. The van der Waals surface area contributed by atoms with E-state index in [0.717, 1.165) is 32.9 Å². The van der Waals surface area contributed by atoms with E-state index in [2.05, 4.69) is 38.8 Å². The number of fused-ring (bicyclic) bond motifs is 4. The van der Waals surface area contributed by atoms with Gasteiger partial charge in [-0.15, -0.1) is 0 Å². The molecule has 0 saturated carbocycles. The zero-order chi connectivity index (χ0) is 21.6. The van der Waals surface area contributed by atoms with Gasteiger partial charge in [-0.2, -0.15) is 0 Å². The maximum Gasteiger partial charge on any atom is 0.253 e. The zero-order valence-corrected chi connectivity index (χ0v) is 19.2. The summed E-state index contributed by atoms with van der Waals surface area (Å²) in [5.74, 6) is 0. The largest absolute Gasteiger partial charge is 0.359 e. The van der Waals surface area contributed by atoms with Crippen LogP contribution in [0.3, 0.4) is 0 Å². The van der Waals surface area contributed by atoms with Crippen molar-refractivity contribution >= 4 is 51.7 Å². The molecule has 30 heavy (non-hydrogen) atoms. The molecule has 0 saturated heterocycles. The van der Waals surface area contributed by atoms with Crippen molar-refractivity contribution in [3.63, 3.8) is 0 Å². The summed E-state index contributed by atoms with van der Waals surface area (Å²) in [4.78, 5) is 35.7. The molecule has 6 heteroatoms. The Hall–Kier alpha value is -2.99. The average molecular weight is 416 g/mol. The summed E-state index contributed by atoms with van der Waals surface area (Å²) in [7, 11) is -2.43. The van der Waals surface area contributed by atoms with Crippen molar-refractivity contribution in [1.82, 2.24) is 14.2 Å². The van der Waals surface area contributed by atoms with Crippen LogP contribution in [0.1, 0.15) is 26.3 Å². The van der Waals surface area contributed by atoms with Gasteiger partial charge in [0.25, 0.3) is 11.1 Å². The van der Waals surface area contributed by atoms with Crippen molar-refractivity contribution in [2.45, 2.75) is 45.8 Å². The molecule has 0 radical (unpaired) electrons. The first-order valence-electron chi connectivity index (χ1n) is 10.3. The van der Waals surface area contributed by atoms with Gasteiger partial charge in [0.1, 0.15) is 0 Å². The third-order valence-corrected chi connectivity index (χ3v) is 12.2. The lowest BCUT2D eigenvalue weighted by atomic mass is 10.0. The zero-order valence-electron chi connectivity index (χ0n) is 18.2. The molecule has 0 amide bonds. The number of para-hydroxylation sites is 1. The number of pyridine rings is 2. The van der Waals surface area contributed by atoms with E-state index >= 15 is 0 Å². The Morgan fingerprint density at radius 2 is 1.67 bits per heavy atom. The van der Waals surface area contributed by atoms with Crippen molar-refractivity contribution in [2.24, 2.45) is 0 Å². The second-order valence-electron chi connectivity index (χ2n) is 9.80. The molecule has 0 spiro atoms. The van der Waals surface area contributed by atoms with Crippen molar-refractivity contribution in [3.05, 3.63) is 62.8 Å². The quantitative estimate of drug-likeness (QED) is 0.385. The minimum absolute atomic E-state index is 0.150. The van der Waals surface area contributed by atoms with Gasteiger partial charge in [0.15, 0.2) is 8.24 Å². The molecule has 0 unspecified atom stereocenters. The lowest BCUT2D eigenvalue weighted by molar-refractivity contribution is 0.692. The topological polar surface area (TPSA) is 67.8 Å². The Balaban J connectivity index is 2.12.